The van der Waals surface area contributed by atoms with E-state index in [1.54, 1.807) is 29.2 Å². The molecule has 1 amide bonds. The van der Waals surface area contributed by atoms with Crippen LogP contribution in [0.4, 0.5) is 10.1 Å². The number of amides is 1. The zero-order valence-electron chi connectivity index (χ0n) is 13.8. The van der Waals surface area contributed by atoms with Gasteiger partial charge in [-0.1, -0.05) is 6.07 Å². The minimum absolute atomic E-state index is 0.0509. The number of carbonyl (C=O) groups is 2. The second-order valence-corrected chi connectivity index (χ2v) is 5.73. The van der Waals surface area contributed by atoms with E-state index in [-0.39, 0.29) is 12.5 Å². The number of anilines is 1. The summed E-state index contributed by atoms with van der Waals surface area (Å²) >= 11 is 0. The van der Waals surface area contributed by atoms with E-state index in [1.807, 2.05) is 0 Å². The molecule has 0 N–H and O–H groups in total. The molecule has 2 aromatic rings. The van der Waals surface area contributed by atoms with Gasteiger partial charge in [-0.2, -0.15) is 0 Å². The standard InChI is InChI=1S/C19H18FNO4/c1-24-17-8-7-15(20)10-14(17)12-25-19(23)13-4-2-5-16(11-13)21-9-3-6-18(21)22/h2,4-5,7-8,10-11H,3,6,9,12H2,1H3. The van der Waals surface area contributed by atoms with E-state index in [0.29, 0.717) is 35.5 Å². The Morgan fingerprint density at radius 3 is 2.80 bits per heavy atom. The van der Waals surface area contributed by atoms with Gasteiger partial charge in [0.25, 0.3) is 0 Å². The molecule has 0 bridgehead atoms. The first-order valence-electron chi connectivity index (χ1n) is 7.98. The fourth-order valence-electron chi connectivity index (χ4n) is 2.81. The molecule has 1 heterocycles. The van der Waals surface area contributed by atoms with E-state index in [1.165, 1.54) is 25.3 Å². The SMILES string of the molecule is COc1ccc(F)cc1COC(=O)c1cccc(N2CCCC2=O)c1. The monoisotopic (exact) mass is 343 g/mol. The molecule has 0 radical (unpaired) electrons. The molecule has 0 saturated carbocycles. The highest BCUT2D eigenvalue weighted by atomic mass is 19.1. The highest BCUT2D eigenvalue weighted by molar-refractivity contribution is 5.97. The Labute approximate surface area is 145 Å². The van der Waals surface area contributed by atoms with Gasteiger partial charge in [0, 0.05) is 24.2 Å². The summed E-state index contributed by atoms with van der Waals surface area (Å²) < 4.78 is 23.8. The van der Waals surface area contributed by atoms with Gasteiger partial charge in [-0.15, -0.1) is 0 Å². The molecule has 0 atom stereocenters. The summed E-state index contributed by atoms with van der Waals surface area (Å²) in [7, 11) is 1.47. The van der Waals surface area contributed by atoms with Gasteiger partial charge in [0.1, 0.15) is 18.2 Å². The Kier molecular flexibility index (Phi) is 4.97. The van der Waals surface area contributed by atoms with E-state index in [2.05, 4.69) is 0 Å². The number of halogens is 1. The minimum atomic E-state index is -0.542. The summed E-state index contributed by atoms with van der Waals surface area (Å²) in [4.78, 5) is 25.8. The molecule has 0 spiro atoms. The number of carbonyl (C=O) groups excluding carboxylic acids is 2. The van der Waals surface area contributed by atoms with Crippen molar-refractivity contribution in [2.45, 2.75) is 19.4 Å². The smallest absolute Gasteiger partial charge is 0.338 e. The van der Waals surface area contributed by atoms with Crippen LogP contribution >= 0.6 is 0 Å². The molecular weight excluding hydrogens is 325 g/mol. The lowest BCUT2D eigenvalue weighted by atomic mass is 10.2. The zero-order valence-corrected chi connectivity index (χ0v) is 13.8. The van der Waals surface area contributed by atoms with Crippen LogP contribution in [0.2, 0.25) is 0 Å². The quantitative estimate of drug-likeness (QED) is 0.782. The molecule has 0 aliphatic carbocycles. The summed E-state index contributed by atoms with van der Waals surface area (Å²) in [5.74, 6) is -0.471. The Bertz CT molecular complexity index is 806. The van der Waals surface area contributed by atoms with Gasteiger partial charge in [-0.3, -0.25) is 4.79 Å². The summed E-state index contributed by atoms with van der Waals surface area (Å²) in [5, 5.41) is 0. The predicted octanol–water partition coefficient (Wildman–Crippen LogP) is 3.32. The number of nitrogens with zero attached hydrogens (tertiary/aromatic N) is 1. The van der Waals surface area contributed by atoms with E-state index in [9.17, 15) is 14.0 Å². The van der Waals surface area contributed by atoms with Gasteiger partial charge in [-0.25, -0.2) is 9.18 Å². The summed E-state index contributed by atoms with van der Waals surface area (Å²) in [6.45, 7) is 0.546. The fourth-order valence-corrected chi connectivity index (χ4v) is 2.81. The van der Waals surface area contributed by atoms with Gasteiger partial charge in [0.05, 0.1) is 12.7 Å². The van der Waals surface area contributed by atoms with E-state index in [0.717, 1.165) is 6.42 Å². The molecule has 6 heteroatoms. The van der Waals surface area contributed by atoms with E-state index in [4.69, 9.17) is 9.47 Å². The fraction of sp³-hybridized carbons (Fsp3) is 0.263. The van der Waals surface area contributed by atoms with E-state index < -0.39 is 11.8 Å². The van der Waals surface area contributed by atoms with Crippen LogP contribution in [-0.4, -0.2) is 25.5 Å². The van der Waals surface area contributed by atoms with Crippen molar-refractivity contribution >= 4 is 17.6 Å². The van der Waals surface area contributed by atoms with Gasteiger partial charge in [0.2, 0.25) is 5.91 Å². The lowest BCUT2D eigenvalue weighted by Crippen LogP contribution is -2.23. The van der Waals surface area contributed by atoms with Crippen molar-refractivity contribution in [1.29, 1.82) is 0 Å². The third kappa shape index (κ3) is 3.79. The molecule has 0 unspecified atom stereocenters. The predicted molar refractivity (Wildman–Crippen MR) is 90.1 cm³/mol. The van der Waals surface area contributed by atoms with Crippen LogP contribution in [0.3, 0.4) is 0 Å². The van der Waals surface area contributed by atoms with Crippen molar-refractivity contribution in [1.82, 2.24) is 0 Å². The van der Waals surface area contributed by atoms with Gasteiger partial charge in [0.15, 0.2) is 0 Å². The van der Waals surface area contributed by atoms with Crippen LogP contribution in [0.25, 0.3) is 0 Å². The summed E-state index contributed by atoms with van der Waals surface area (Å²) in [6, 6.07) is 10.8. The topological polar surface area (TPSA) is 55.8 Å². The van der Waals surface area contributed by atoms with Crippen LogP contribution in [0.15, 0.2) is 42.5 Å². The summed E-state index contributed by atoms with van der Waals surface area (Å²) in [6.07, 6.45) is 1.33. The molecule has 1 aliphatic rings. The first-order chi connectivity index (χ1) is 12.1. The second kappa shape index (κ2) is 7.34. The Morgan fingerprint density at radius 2 is 2.08 bits per heavy atom. The molecule has 5 nitrogen and oxygen atoms in total. The molecule has 1 aliphatic heterocycles. The van der Waals surface area contributed by atoms with Gasteiger partial charge < -0.3 is 14.4 Å². The van der Waals surface area contributed by atoms with Crippen LogP contribution in [-0.2, 0) is 16.1 Å². The van der Waals surface area contributed by atoms with Gasteiger partial charge in [-0.05, 0) is 42.8 Å². The third-order valence-corrected chi connectivity index (χ3v) is 4.07. The molecule has 1 saturated heterocycles. The third-order valence-electron chi connectivity index (χ3n) is 4.07. The van der Waals surface area contributed by atoms with Crippen LogP contribution in [0.1, 0.15) is 28.8 Å². The lowest BCUT2D eigenvalue weighted by Gasteiger charge is -2.16. The maximum Gasteiger partial charge on any atom is 0.338 e. The number of hydrogen-bond acceptors (Lipinski definition) is 4. The van der Waals surface area contributed by atoms with Crippen LogP contribution in [0.5, 0.6) is 5.75 Å². The minimum Gasteiger partial charge on any atom is -0.496 e. The number of rotatable bonds is 5. The van der Waals surface area contributed by atoms with Crippen LogP contribution in [0, 0.1) is 5.82 Å². The first-order valence-corrected chi connectivity index (χ1v) is 7.98. The number of hydrogen-bond donors (Lipinski definition) is 0. The second-order valence-electron chi connectivity index (χ2n) is 5.73. The number of benzene rings is 2. The molecule has 130 valence electrons. The van der Waals surface area contributed by atoms with Crippen molar-refractivity contribution in [2.75, 3.05) is 18.6 Å². The van der Waals surface area contributed by atoms with Crippen molar-refractivity contribution in [3.63, 3.8) is 0 Å². The van der Waals surface area contributed by atoms with Crippen LogP contribution < -0.4 is 9.64 Å². The molecular formula is C19H18FNO4. The molecule has 1 fully saturated rings. The highest BCUT2D eigenvalue weighted by Crippen LogP contribution is 2.24. The maximum absolute atomic E-state index is 13.4. The van der Waals surface area contributed by atoms with Crippen molar-refractivity contribution in [2.24, 2.45) is 0 Å². The van der Waals surface area contributed by atoms with Gasteiger partial charge >= 0.3 is 5.97 Å². The number of methoxy groups -OCH3 is 1. The Morgan fingerprint density at radius 1 is 1.24 bits per heavy atom. The summed E-state index contributed by atoms with van der Waals surface area (Å²) in [5.41, 5.74) is 1.47. The lowest BCUT2D eigenvalue weighted by molar-refractivity contribution is -0.117. The zero-order chi connectivity index (χ0) is 17.8. The molecule has 25 heavy (non-hydrogen) atoms. The number of ether oxygens (including phenoxy) is 2. The van der Waals surface area contributed by atoms with Crippen molar-refractivity contribution < 1.29 is 23.5 Å². The van der Waals surface area contributed by atoms with Crippen molar-refractivity contribution in [3.05, 3.63) is 59.4 Å². The molecule has 0 aromatic heterocycles. The van der Waals surface area contributed by atoms with Crippen molar-refractivity contribution in [3.8, 4) is 5.75 Å². The Balaban J connectivity index is 1.72. The molecule has 3 rings (SSSR count). The average Bonchev–Trinajstić information content (AvgIpc) is 3.06. The van der Waals surface area contributed by atoms with E-state index >= 15 is 0 Å². The first kappa shape index (κ1) is 17.0. The number of esters is 1. The highest BCUT2D eigenvalue weighted by Gasteiger charge is 2.22. The normalized spacial score (nSPS) is 13.8. The average molecular weight is 343 g/mol. The largest absolute Gasteiger partial charge is 0.496 e. The Hall–Kier alpha value is -2.89. The molecule has 2 aromatic carbocycles. The maximum atomic E-state index is 13.4.